The Balaban J connectivity index is 4.85. The van der Waals surface area contributed by atoms with Crippen molar-refractivity contribution in [1.82, 2.24) is 21.3 Å². The normalized spacial score (nSPS) is 13.4. The summed E-state index contributed by atoms with van der Waals surface area (Å²) in [5.74, 6) is -5.16. The van der Waals surface area contributed by atoms with Gasteiger partial charge in [-0.25, -0.2) is 4.79 Å². The molecule has 5 amide bonds. The molecule has 3 atom stereocenters. The molecule has 0 aromatic heterocycles. The second kappa shape index (κ2) is 14.7. The number of aliphatic hydroxyl groups is 1. The van der Waals surface area contributed by atoms with E-state index in [0.717, 1.165) is 0 Å². The molecule has 32 heavy (non-hydrogen) atoms. The van der Waals surface area contributed by atoms with E-state index in [2.05, 4.69) is 21.3 Å². The second-order valence-electron chi connectivity index (χ2n) is 7.38. The fourth-order valence-corrected chi connectivity index (χ4v) is 2.50. The molecular formula is C18H32N6O8. The van der Waals surface area contributed by atoms with Crippen LogP contribution in [0.2, 0.25) is 0 Å². The first-order valence-corrected chi connectivity index (χ1v) is 9.90. The van der Waals surface area contributed by atoms with Gasteiger partial charge in [-0.15, -0.1) is 0 Å². The van der Waals surface area contributed by atoms with E-state index in [1.165, 1.54) is 0 Å². The summed E-state index contributed by atoms with van der Waals surface area (Å²) in [5.41, 5.74) is 10.2. The molecule has 0 heterocycles. The van der Waals surface area contributed by atoms with Crippen LogP contribution in [0.15, 0.2) is 0 Å². The predicted molar refractivity (Wildman–Crippen MR) is 110 cm³/mol. The van der Waals surface area contributed by atoms with Crippen molar-refractivity contribution in [2.24, 2.45) is 17.4 Å². The summed E-state index contributed by atoms with van der Waals surface area (Å²) in [6.07, 6.45) is -0.273. The topological polar surface area (TPSA) is 243 Å². The second-order valence-corrected chi connectivity index (χ2v) is 7.38. The first kappa shape index (κ1) is 28.7. The maximum atomic E-state index is 12.3. The molecule has 0 aromatic rings. The molecule has 0 spiro atoms. The molecule has 0 saturated carbocycles. The van der Waals surface area contributed by atoms with Crippen molar-refractivity contribution in [1.29, 1.82) is 0 Å². The van der Waals surface area contributed by atoms with Crippen LogP contribution in [0.4, 0.5) is 0 Å². The van der Waals surface area contributed by atoms with Gasteiger partial charge in [0, 0.05) is 6.42 Å². The van der Waals surface area contributed by atoms with Gasteiger partial charge in [-0.3, -0.25) is 24.0 Å². The number of amides is 5. The molecular weight excluding hydrogens is 428 g/mol. The minimum Gasteiger partial charge on any atom is -0.480 e. The van der Waals surface area contributed by atoms with Crippen LogP contribution in [-0.4, -0.2) is 83.5 Å². The van der Waals surface area contributed by atoms with Crippen LogP contribution in [-0.2, 0) is 28.8 Å². The fraction of sp³-hybridized carbons (Fsp3) is 0.667. The smallest absolute Gasteiger partial charge is 0.326 e. The number of hydrogen-bond donors (Lipinski definition) is 8. The van der Waals surface area contributed by atoms with E-state index in [-0.39, 0.29) is 25.3 Å². The number of aliphatic carboxylic acids is 1. The lowest BCUT2D eigenvalue weighted by molar-refractivity contribution is -0.142. The van der Waals surface area contributed by atoms with E-state index >= 15 is 0 Å². The number of carboxylic acids is 1. The standard InChI is InChI=1S/C18H32N6O8/c1-9(2)5-11(22-14(27)6-19)16(29)21-7-15(28)23-12(8-25)17(30)24-10(18(31)32)3-4-13(20)26/h9-12,25H,3-8,19H2,1-2H3,(H2,20,26)(H,21,29)(H,22,27)(H,23,28)(H,24,30)(H,31,32)/t10-,11-,12-/m0/s1. The lowest BCUT2D eigenvalue weighted by Crippen LogP contribution is -2.55. The number of nitrogens with one attached hydrogen (secondary N) is 4. The average Bonchev–Trinajstić information content (AvgIpc) is 2.71. The number of nitrogens with two attached hydrogens (primary N) is 2. The zero-order valence-corrected chi connectivity index (χ0v) is 18.1. The van der Waals surface area contributed by atoms with Crippen molar-refractivity contribution < 1.29 is 39.0 Å². The van der Waals surface area contributed by atoms with Crippen LogP contribution >= 0.6 is 0 Å². The van der Waals surface area contributed by atoms with E-state index in [4.69, 9.17) is 16.6 Å². The van der Waals surface area contributed by atoms with Crippen LogP contribution in [0.1, 0.15) is 33.1 Å². The van der Waals surface area contributed by atoms with E-state index in [1.54, 1.807) is 0 Å². The molecule has 0 aliphatic carbocycles. The average molecular weight is 460 g/mol. The lowest BCUT2D eigenvalue weighted by atomic mass is 10.0. The predicted octanol–water partition coefficient (Wildman–Crippen LogP) is -4.10. The highest BCUT2D eigenvalue weighted by Crippen LogP contribution is 2.05. The van der Waals surface area contributed by atoms with Crippen LogP contribution < -0.4 is 32.7 Å². The van der Waals surface area contributed by atoms with Crippen molar-refractivity contribution in [2.75, 3.05) is 19.7 Å². The van der Waals surface area contributed by atoms with Gasteiger partial charge in [-0.1, -0.05) is 13.8 Å². The number of carbonyl (C=O) groups is 6. The van der Waals surface area contributed by atoms with Crippen molar-refractivity contribution >= 4 is 35.5 Å². The van der Waals surface area contributed by atoms with Crippen molar-refractivity contribution in [3.05, 3.63) is 0 Å². The maximum absolute atomic E-state index is 12.3. The maximum Gasteiger partial charge on any atom is 0.326 e. The molecule has 0 aromatic carbocycles. The molecule has 10 N–H and O–H groups in total. The Morgan fingerprint density at radius 2 is 1.47 bits per heavy atom. The monoisotopic (exact) mass is 460 g/mol. The zero-order chi connectivity index (χ0) is 24.8. The highest BCUT2D eigenvalue weighted by atomic mass is 16.4. The molecule has 0 radical (unpaired) electrons. The first-order valence-electron chi connectivity index (χ1n) is 9.90. The summed E-state index contributed by atoms with van der Waals surface area (Å²) < 4.78 is 0. The Morgan fingerprint density at radius 3 is 1.94 bits per heavy atom. The van der Waals surface area contributed by atoms with E-state index < -0.39 is 66.8 Å². The zero-order valence-electron chi connectivity index (χ0n) is 18.1. The Labute approximate surface area is 184 Å². The third-order valence-corrected chi connectivity index (χ3v) is 4.10. The molecule has 0 rings (SSSR count). The largest absolute Gasteiger partial charge is 0.480 e. The number of rotatable bonds is 15. The van der Waals surface area contributed by atoms with E-state index in [9.17, 15) is 33.9 Å². The van der Waals surface area contributed by atoms with Gasteiger partial charge in [-0.05, 0) is 18.8 Å². The van der Waals surface area contributed by atoms with Gasteiger partial charge in [0.15, 0.2) is 0 Å². The number of carboxylic acid groups (broad SMARTS) is 1. The summed E-state index contributed by atoms with van der Waals surface area (Å²) in [6, 6.07) is -3.88. The lowest BCUT2D eigenvalue weighted by Gasteiger charge is -2.21. The molecule has 0 aliphatic heterocycles. The fourth-order valence-electron chi connectivity index (χ4n) is 2.50. The van der Waals surface area contributed by atoms with Gasteiger partial charge in [0.05, 0.1) is 19.7 Å². The minimum atomic E-state index is -1.50. The summed E-state index contributed by atoms with van der Waals surface area (Å²) in [4.78, 5) is 70.0. The third kappa shape index (κ3) is 11.8. The Bertz CT molecular complexity index is 699. The van der Waals surface area contributed by atoms with Crippen molar-refractivity contribution in [3.8, 4) is 0 Å². The van der Waals surface area contributed by atoms with Crippen LogP contribution in [0.5, 0.6) is 0 Å². The Hall–Kier alpha value is -3.26. The van der Waals surface area contributed by atoms with Gasteiger partial charge in [0.2, 0.25) is 29.5 Å². The highest BCUT2D eigenvalue weighted by molar-refractivity contribution is 5.93. The van der Waals surface area contributed by atoms with Gasteiger partial charge < -0.3 is 42.9 Å². The van der Waals surface area contributed by atoms with Crippen LogP contribution in [0.3, 0.4) is 0 Å². The van der Waals surface area contributed by atoms with Gasteiger partial charge in [-0.2, -0.15) is 0 Å². The van der Waals surface area contributed by atoms with E-state index in [1.807, 2.05) is 13.8 Å². The van der Waals surface area contributed by atoms with Crippen molar-refractivity contribution in [3.63, 3.8) is 0 Å². The molecule has 0 unspecified atom stereocenters. The molecule has 182 valence electrons. The molecule has 14 heteroatoms. The molecule has 0 fully saturated rings. The van der Waals surface area contributed by atoms with Crippen molar-refractivity contribution in [2.45, 2.75) is 51.2 Å². The summed E-state index contributed by atoms with van der Waals surface area (Å²) in [6.45, 7) is 1.93. The van der Waals surface area contributed by atoms with Gasteiger partial charge in [0.25, 0.3) is 0 Å². The molecule has 14 nitrogen and oxygen atoms in total. The SMILES string of the molecule is CC(C)C[C@H](NC(=O)CN)C(=O)NCC(=O)N[C@@H](CO)C(=O)N[C@@H](CCC(N)=O)C(=O)O. The highest BCUT2D eigenvalue weighted by Gasteiger charge is 2.27. The van der Waals surface area contributed by atoms with Gasteiger partial charge in [0.1, 0.15) is 18.1 Å². The summed E-state index contributed by atoms with van der Waals surface area (Å²) >= 11 is 0. The quantitative estimate of drug-likeness (QED) is 0.118. The van der Waals surface area contributed by atoms with Crippen LogP contribution in [0.25, 0.3) is 0 Å². The van der Waals surface area contributed by atoms with Crippen LogP contribution in [0, 0.1) is 5.92 Å². The number of primary amides is 1. The summed E-state index contributed by atoms with van der Waals surface area (Å²) in [5, 5.41) is 27.5. The molecule has 0 aliphatic rings. The Morgan fingerprint density at radius 1 is 0.875 bits per heavy atom. The van der Waals surface area contributed by atoms with Gasteiger partial charge >= 0.3 is 5.97 Å². The first-order chi connectivity index (χ1) is 14.9. The molecule has 0 bridgehead atoms. The molecule has 0 saturated heterocycles. The minimum absolute atomic E-state index is 0.0526. The number of carbonyl (C=O) groups excluding carboxylic acids is 5. The van der Waals surface area contributed by atoms with E-state index in [0.29, 0.717) is 6.42 Å². The third-order valence-electron chi connectivity index (χ3n) is 4.10. The number of aliphatic hydroxyl groups excluding tert-OH is 1. The number of hydrogen-bond acceptors (Lipinski definition) is 8. The summed E-state index contributed by atoms with van der Waals surface area (Å²) in [7, 11) is 0. The Kier molecular flexibility index (Phi) is 13.2.